The zero-order valence-corrected chi connectivity index (χ0v) is 8.05. The summed E-state index contributed by atoms with van der Waals surface area (Å²) in [6.07, 6.45) is 2.02. The molecule has 1 saturated heterocycles. The van der Waals surface area contributed by atoms with Gasteiger partial charge in [-0.05, 0) is 12.8 Å². The smallest absolute Gasteiger partial charge is 0.320 e. The minimum atomic E-state index is -0.733. The maximum Gasteiger partial charge on any atom is 0.320 e. The van der Waals surface area contributed by atoms with E-state index in [2.05, 4.69) is 0 Å². The predicted molar refractivity (Wildman–Crippen MR) is 46.0 cm³/mol. The van der Waals surface area contributed by atoms with Crippen LogP contribution in [0.15, 0.2) is 0 Å². The number of esters is 1. The molecular formula is C10H14O3. The summed E-state index contributed by atoms with van der Waals surface area (Å²) in [5.74, 6) is -0.201. The number of ketones is 1. The molecule has 0 N–H and O–H groups in total. The summed E-state index contributed by atoms with van der Waals surface area (Å²) < 4.78 is 4.93. The molecule has 2 fully saturated rings. The van der Waals surface area contributed by atoms with Crippen LogP contribution in [0.2, 0.25) is 0 Å². The summed E-state index contributed by atoms with van der Waals surface area (Å²) in [7, 11) is 0. The molecule has 13 heavy (non-hydrogen) atoms. The second-order valence-corrected chi connectivity index (χ2v) is 4.39. The second-order valence-electron chi connectivity index (χ2n) is 4.39. The highest BCUT2D eigenvalue weighted by atomic mass is 16.5. The van der Waals surface area contributed by atoms with Gasteiger partial charge < -0.3 is 4.74 Å². The Kier molecular flexibility index (Phi) is 1.57. The lowest BCUT2D eigenvalue weighted by molar-refractivity contribution is -0.148. The molecule has 0 aromatic rings. The van der Waals surface area contributed by atoms with E-state index in [1.807, 2.05) is 13.8 Å². The average molecular weight is 182 g/mol. The molecule has 1 saturated carbocycles. The summed E-state index contributed by atoms with van der Waals surface area (Å²) >= 11 is 0. The molecule has 0 bridgehead atoms. The third kappa shape index (κ3) is 0.847. The number of fused-ring (bicyclic) bond motifs is 1. The molecule has 0 unspecified atom stereocenters. The predicted octanol–water partition coefficient (Wildman–Crippen LogP) is 1.31. The molecule has 0 spiro atoms. The van der Waals surface area contributed by atoms with Gasteiger partial charge in [-0.3, -0.25) is 9.59 Å². The zero-order valence-electron chi connectivity index (χ0n) is 8.05. The third-order valence-corrected chi connectivity index (χ3v) is 3.38. The summed E-state index contributed by atoms with van der Waals surface area (Å²) in [5, 5.41) is 0. The van der Waals surface area contributed by atoms with Gasteiger partial charge in [-0.15, -0.1) is 0 Å². The fourth-order valence-electron chi connectivity index (χ4n) is 2.37. The van der Waals surface area contributed by atoms with E-state index < -0.39 is 5.41 Å². The molecule has 3 heteroatoms. The molecular weight excluding hydrogens is 168 g/mol. The number of rotatable bonds is 3. The van der Waals surface area contributed by atoms with E-state index in [1.165, 1.54) is 0 Å². The Hall–Kier alpha value is -0.860. The summed E-state index contributed by atoms with van der Waals surface area (Å²) in [4.78, 5) is 23.1. The molecule has 1 heterocycles. The quantitative estimate of drug-likeness (QED) is 0.488. The van der Waals surface area contributed by atoms with Crippen LogP contribution in [0, 0.1) is 10.8 Å². The molecule has 0 aromatic carbocycles. The van der Waals surface area contributed by atoms with Crippen molar-refractivity contribution in [2.45, 2.75) is 33.1 Å². The van der Waals surface area contributed by atoms with Crippen molar-refractivity contribution >= 4 is 11.8 Å². The third-order valence-electron chi connectivity index (χ3n) is 3.38. The zero-order chi connectivity index (χ0) is 9.69. The monoisotopic (exact) mass is 182 g/mol. The van der Waals surface area contributed by atoms with E-state index in [-0.39, 0.29) is 17.2 Å². The molecule has 0 amide bonds. The lowest BCUT2D eigenvalue weighted by Gasteiger charge is -2.07. The van der Waals surface area contributed by atoms with Crippen molar-refractivity contribution in [1.29, 1.82) is 0 Å². The van der Waals surface area contributed by atoms with Gasteiger partial charge in [-0.25, -0.2) is 0 Å². The van der Waals surface area contributed by atoms with E-state index in [0.29, 0.717) is 19.4 Å². The molecule has 2 rings (SSSR count). The molecule has 0 aromatic heterocycles. The Labute approximate surface area is 77.4 Å². The average Bonchev–Trinajstić information content (AvgIpc) is 2.64. The van der Waals surface area contributed by atoms with Gasteiger partial charge in [0.15, 0.2) is 5.78 Å². The second kappa shape index (κ2) is 2.34. The first-order valence-electron chi connectivity index (χ1n) is 4.77. The molecule has 2 atom stereocenters. The van der Waals surface area contributed by atoms with Gasteiger partial charge in [0.1, 0.15) is 5.41 Å². The lowest BCUT2D eigenvalue weighted by Crippen LogP contribution is -2.26. The highest BCUT2D eigenvalue weighted by molar-refractivity contribution is 6.09. The van der Waals surface area contributed by atoms with E-state index >= 15 is 0 Å². The molecule has 3 nitrogen and oxygen atoms in total. The van der Waals surface area contributed by atoms with Crippen LogP contribution < -0.4 is 0 Å². The van der Waals surface area contributed by atoms with Gasteiger partial charge in [0.2, 0.25) is 0 Å². The van der Waals surface area contributed by atoms with Crippen molar-refractivity contribution < 1.29 is 14.3 Å². The number of hydrogen-bond acceptors (Lipinski definition) is 3. The van der Waals surface area contributed by atoms with Crippen LogP contribution in [0.5, 0.6) is 0 Å². The van der Waals surface area contributed by atoms with Gasteiger partial charge in [-0.2, -0.15) is 0 Å². The van der Waals surface area contributed by atoms with Crippen LogP contribution in [0.25, 0.3) is 0 Å². The van der Waals surface area contributed by atoms with Crippen molar-refractivity contribution in [2.24, 2.45) is 10.8 Å². The molecule has 1 aliphatic heterocycles. The summed E-state index contributed by atoms with van der Waals surface area (Å²) in [6, 6.07) is 0. The van der Waals surface area contributed by atoms with Gasteiger partial charge in [-0.1, -0.05) is 13.8 Å². The fourth-order valence-corrected chi connectivity index (χ4v) is 2.37. The molecule has 1 aliphatic carbocycles. The number of Topliss-reactive ketones (excluding diaryl/α,β-unsaturated/α-hetero) is 1. The van der Waals surface area contributed by atoms with Crippen molar-refractivity contribution in [3.8, 4) is 0 Å². The first kappa shape index (κ1) is 8.73. The largest absolute Gasteiger partial charge is 0.464 e. The van der Waals surface area contributed by atoms with Crippen molar-refractivity contribution in [3.05, 3.63) is 0 Å². The van der Waals surface area contributed by atoms with Gasteiger partial charge in [0, 0.05) is 11.8 Å². The van der Waals surface area contributed by atoms with E-state index in [0.717, 1.165) is 6.42 Å². The molecule has 2 aliphatic rings. The van der Waals surface area contributed by atoms with Crippen LogP contribution in [0.3, 0.4) is 0 Å². The van der Waals surface area contributed by atoms with Crippen LogP contribution in [0.1, 0.15) is 33.1 Å². The van der Waals surface area contributed by atoms with Crippen LogP contribution in [-0.2, 0) is 14.3 Å². The minimum absolute atomic E-state index is 0.0833. The lowest BCUT2D eigenvalue weighted by atomic mass is 9.90. The van der Waals surface area contributed by atoms with E-state index in [1.54, 1.807) is 0 Å². The highest BCUT2D eigenvalue weighted by Gasteiger charge is 2.78. The molecule has 0 radical (unpaired) electrons. The number of carbonyl (C=O) groups excluding carboxylic acids is 2. The highest BCUT2D eigenvalue weighted by Crippen LogP contribution is 2.68. The van der Waals surface area contributed by atoms with Gasteiger partial charge >= 0.3 is 5.97 Å². The first-order chi connectivity index (χ1) is 6.07. The fraction of sp³-hybridized carbons (Fsp3) is 0.800. The number of ether oxygens (including phenoxy) is 1. The Morgan fingerprint density at radius 3 is 2.69 bits per heavy atom. The number of hydrogen-bond donors (Lipinski definition) is 0. The number of carbonyl (C=O) groups is 2. The topological polar surface area (TPSA) is 43.4 Å². The summed E-state index contributed by atoms with van der Waals surface area (Å²) in [6.45, 7) is 4.35. The van der Waals surface area contributed by atoms with Crippen molar-refractivity contribution in [3.63, 3.8) is 0 Å². The first-order valence-corrected chi connectivity index (χ1v) is 4.77. The van der Waals surface area contributed by atoms with Crippen LogP contribution in [-0.4, -0.2) is 18.4 Å². The molecule has 72 valence electrons. The Bertz CT molecular complexity index is 284. The minimum Gasteiger partial charge on any atom is -0.464 e. The van der Waals surface area contributed by atoms with Gasteiger partial charge in [0.05, 0.1) is 6.61 Å². The SMILES string of the molecule is CCCC(=O)[C@@]12C[C@]1(C)COC2=O. The maximum atomic E-state index is 11.7. The Morgan fingerprint density at radius 1 is 1.62 bits per heavy atom. The van der Waals surface area contributed by atoms with Crippen LogP contribution >= 0.6 is 0 Å². The van der Waals surface area contributed by atoms with Crippen molar-refractivity contribution in [2.75, 3.05) is 6.61 Å². The number of cyclic esters (lactones) is 1. The van der Waals surface area contributed by atoms with Crippen molar-refractivity contribution in [1.82, 2.24) is 0 Å². The summed E-state index contributed by atoms with van der Waals surface area (Å²) in [5.41, 5.74) is -0.903. The Morgan fingerprint density at radius 2 is 2.31 bits per heavy atom. The maximum absolute atomic E-state index is 11.7. The van der Waals surface area contributed by atoms with E-state index in [4.69, 9.17) is 4.74 Å². The van der Waals surface area contributed by atoms with Gasteiger partial charge in [0.25, 0.3) is 0 Å². The van der Waals surface area contributed by atoms with E-state index in [9.17, 15) is 9.59 Å². The normalized spacial score (nSPS) is 41.2. The standard InChI is InChI=1S/C10H14O3/c1-3-4-7(11)10-5-9(10,2)6-13-8(10)12/h3-6H2,1-2H3/t9-,10-/m1/s1. The Balaban J connectivity index is 2.22. The van der Waals surface area contributed by atoms with Crippen LogP contribution in [0.4, 0.5) is 0 Å².